The Morgan fingerprint density at radius 3 is 1.66 bits per heavy atom. The Morgan fingerprint density at radius 1 is 0.594 bits per heavy atom. The average Bonchev–Trinajstić information content (AvgIpc) is 2.80. The number of benzene rings is 1. The van der Waals surface area contributed by atoms with Crippen molar-refractivity contribution < 1.29 is 14.4 Å². The third kappa shape index (κ3) is 13.8. The molecule has 0 unspecified atom stereocenters. The van der Waals surface area contributed by atoms with E-state index in [1.807, 2.05) is 6.92 Å². The summed E-state index contributed by atoms with van der Waals surface area (Å²) >= 11 is 0. The van der Waals surface area contributed by atoms with Crippen molar-refractivity contribution in [1.82, 2.24) is 10.9 Å². The van der Waals surface area contributed by atoms with E-state index in [1.54, 1.807) is 24.3 Å². The largest absolute Gasteiger partial charge is 0.326 e. The van der Waals surface area contributed by atoms with Crippen LogP contribution in [0.25, 0.3) is 0 Å². The third-order valence-electron chi connectivity index (χ3n) is 5.51. The van der Waals surface area contributed by atoms with Gasteiger partial charge in [0.2, 0.25) is 11.8 Å². The van der Waals surface area contributed by atoms with Gasteiger partial charge in [-0.3, -0.25) is 25.2 Å². The maximum Gasteiger partial charge on any atom is 0.269 e. The Hall–Kier alpha value is -2.37. The number of hydrogen-bond donors (Lipinski definition) is 3. The lowest BCUT2D eigenvalue weighted by Gasteiger charge is -2.09. The van der Waals surface area contributed by atoms with Gasteiger partial charge in [0.25, 0.3) is 5.91 Å². The third-order valence-corrected chi connectivity index (χ3v) is 5.51. The van der Waals surface area contributed by atoms with Crippen molar-refractivity contribution in [3.05, 3.63) is 29.8 Å². The predicted octanol–water partition coefficient (Wildman–Crippen LogP) is 6.28. The molecule has 6 nitrogen and oxygen atoms in total. The highest BCUT2D eigenvalue weighted by Crippen LogP contribution is 2.12. The summed E-state index contributed by atoms with van der Waals surface area (Å²) in [7, 11) is 0. The van der Waals surface area contributed by atoms with Gasteiger partial charge in [0.05, 0.1) is 0 Å². The topological polar surface area (TPSA) is 87.3 Å². The maximum atomic E-state index is 12.2. The zero-order valence-electron chi connectivity index (χ0n) is 20.1. The molecule has 1 aromatic rings. The van der Waals surface area contributed by atoms with Crippen molar-refractivity contribution in [1.29, 1.82) is 0 Å². The molecule has 0 bridgehead atoms. The molecule has 0 aliphatic heterocycles. The lowest BCUT2D eigenvalue weighted by Crippen LogP contribution is -2.41. The van der Waals surface area contributed by atoms with E-state index in [1.165, 1.54) is 51.4 Å². The molecule has 0 spiro atoms. The number of carbonyl (C=O) groups excluding carboxylic acids is 3. The van der Waals surface area contributed by atoms with Crippen LogP contribution in [0.2, 0.25) is 0 Å². The van der Waals surface area contributed by atoms with Gasteiger partial charge in [0.15, 0.2) is 0 Å². The molecule has 3 N–H and O–H groups in total. The summed E-state index contributed by atoms with van der Waals surface area (Å²) in [6.45, 7) is 4.28. The molecule has 0 heterocycles. The van der Waals surface area contributed by atoms with Gasteiger partial charge in [0, 0.05) is 24.1 Å². The van der Waals surface area contributed by atoms with Gasteiger partial charge in [-0.1, -0.05) is 84.5 Å². The van der Waals surface area contributed by atoms with Crippen molar-refractivity contribution in [2.45, 2.75) is 110 Å². The van der Waals surface area contributed by atoms with Crippen LogP contribution in [-0.2, 0) is 9.59 Å². The summed E-state index contributed by atoms with van der Waals surface area (Å²) < 4.78 is 0. The molecule has 0 aliphatic carbocycles. The molecule has 0 fully saturated rings. The van der Waals surface area contributed by atoms with Crippen LogP contribution in [0.5, 0.6) is 0 Å². The van der Waals surface area contributed by atoms with Crippen molar-refractivity contribution in [2.75, 3.05) is 5.32 Å². The molecule has 0 saturated carbocycles. The number of hydrogen-bond acceptors (Lipinski definition) is 3. The molecule has 0 radical (unpaired) electrons. The molecule has 1 aromatic carbocycles. The summed E-state index contributed by atoms with van der Waals surface area (Å²) in [5.41, 5.74) is 6.01. The van der Waals surface area contributed by atoms with Crippen LogP contribution in [0.1, 0.15) is 121 Å². The van der Waals surface area contributed by atoms with E-state index in [2.05, 4.69) is 23.1 Å². The molecule has 0 aliphatic rings. The molecule has 32 heavy (non-hydrogen) atoms. The first-order chi connectivity index (χ1) is 15.6. The first-order valence-corrected chi connectivity index (χ1v) is 12.6. The van der Waals surface area contributed by atoms with Crippen LogP contribution in [0, 0.1) is 0 Å². The minimum atomic E-state index is -0.374. The molecular formula is C26H43N3O3. The highest BCUT2D eigenvalue weighted by atomic mass is 16.2. The lowest BCUT2D eigenvalue weighted by molar-refractivity contribution is -0.122. The smallest absolute Gasteiger partial charge is 0.269 e. The average molecular weight is 446 g/mol. The number of amides is 3. The first-order valence-electron chi connectivity index (χ1n) is 12.6. The molecule has 3 amide bonds. The standard InChI is InChI=1S/C26H43N3O3/c1-3-5-7-8-9-10-11-12-13-14-15-17-25(31)28-29-26(32)22-18-20-23(21-19-22)27-24(30)16-6-4-2/h18-21H,3-17H2,1-2H3,(H,27,30)(H,28,31)(H,29,32). The Morgan fingerprint density at radius 2 is 1.09 bits per heavy atom. The molecular weight excluding hydrogens is 402 g/mol. The normalized spacial score (nSPS) is 10.6. The quantitative estimate of drug-likeness (QED) is 0.195. The SMILES string of the molecule is CCCCCCCCCCCCCC(=O)NNC(=O)c1ccc(NC(=O)CCCC)cc1. The second-order valence-corrected chi connectivity index (χ2v) is 8.52. The van der Waals surface area contributed by atoms with E-state index in [0.29, 0.717) is 24.1 Å². The Bertz CT molecular complexity index is 659. The van der Waals surface area contributed by atoms with Crippen molar-refractivity contribution in [3.63, 3.8) is 0 Å². The fourth-order valence-electron chi connectivity index (χ4n) is 3.48. The van der Waals surface area contributed by atoms with Crippen LogP contribution < -0.4 is 16.2 Å². The highest BCUT2D eigenvalue weighted by Gasteiger charge is 2.08. The number of carbonyl (C=O) groups is 3. The second kappa shape index (κ2) is 18.2. The summed E-state index contributed by atoms with van der Waals surface area (Å²) in [4.78, 5) is 35.8. The number of rotatable bonds is 17. The van der Waals surface area contributed by atoms with Crippen molar-refractivity contribution in [2.24, 2.45) is 0 Å². The molecule has 0 atom stereocenters. The second-order valence-electron chi connectivity index (χ2n) is 8.52. The maximum absolute atomic E-state index is 12.2. The Kier molecular flexibility index (Phi) is 15.8. The minimum Gasteiger partial charge on any atom is -0.326 e. The monoisotopic (exact) mass is 445 g/mol. The zero-order valence-corrected chi connectivity index (χ0v) is 20.1. The van der Waals surface area contributed by atoms with Gasteiger partial charge in [0.1, 0.15) is 0 Å². The van der Waals surface area contributed by atoms with Crippen molar-refractivity contribution in [3.8, 4) is 0 Å². The van der Waals surface area contributed by atoms with E-state index in [-0.39, 0.29) is 17.7 Å². The molecule has 1 rings (SSSR count). The van der Waals surface area contributed by atoms with Gasteiger partial charge < -0.3 is 5.32 Å². The Balaban J connectivity index is 2.10. The summed E-state index contributed by atoms with van der Waals surface area (Å²) in [6.07, 6.45) is 16.3. The highest BCUT2D eigenvalue weighted by molar-refractivity contribution is 5.96. The van der Waals surface area contributed by atoms with Crippen LogP contribution >= 0.6 is 0 Å². The molecule has 0 saturated heterocycles. The van der Waals surface area contributed by atoms with Crippen LogP contribution in [-0.4, -0.2) is 17.7 Å². The van der Waals surface area contributed by atoms with Gasteiger partial charge in [-0.25, -0.2) is 0 Å². The fourth-order valence-corrected chi connectivity index (χ4v) is 3.48. The van der Waals surface area contributed by atoms with Gasteiger partial charge in [-0.05, 0) is 37.1 Å². The first kappa shape index (κ1) is 27.7. The van der Waals surface area contributed by atoms with E-state index in [0.717, 1.165) is 32.1 Å². The van der Waals surface area contributed by atoms with Gasteiger partial charge in [-0.2, -0.15) is 0 Å². The Labute approximate surface area is 194 Å². The molecule has 0 aromatic heterocycles. The number of hydrazine groups is 1. The minimum absolute atomic E-state index is 0.0290. The van der Waals surface area contributed by atoms with Gasteiger partial charge >= 0.3 is 0 Å². The molecule has 180 valence electrons. The summed E-state index contributed by atoms with van der Waals surface area (Å²) in [6, 6.07) is 6.62. The number of nitrogens with one attached hydrogen (secondary N) is 3. The van der Waals surface area contributed by atoms with E-state index < -0.39 is 0 Å². The van der Waals surface area contributed by atoms with Crippen LogP contribution in [0.15, 0.2) is 24.3 Å². The van der Waals surface area contributed by atoms with Crippen LogP contribution in [0.3, 0.4) is 0 Å². The van der Waals surface area contributed by atoms with Crippen molar-refractivity contribution >= 4 is 23.4 Å². The number of anilines is 1. The van der Waals surface area contributed by atoms with E-state index in [9.17, 15) is 14.4 Å². The van der Waals surface area contributed by atoms with E-state index >= 15 is 0 Å². The lowest BCUT2D eigenvalue weighted by atomic mass is 10.1. The summed E-state index contributed by atoms with van der Waals surface area (Å²) in [5.74, 6) is -0.575. The van der Waals surface area contributed by atoms with E-state index in [4.69, 9.17) is 0 Å². The number of unbranched alkanes of at least 4 members (excludes halogenated alkanes) is 11. The van der Waals surface area contributed by atoms with Gasteiger partial charge in [-0.15, -0.1) is 0 Å². The fraction of sp³-hybridized carbons (Fsp3) is 0.654. The molecule has 6 heteroatoms. The zero-order chi connectivity index (χ0) is 23.4. The summed E-state index contributed by atoms with van der Waals surface area (Å²) in [5, 5.41) is 2.81. The predicted molar refractivity (Wildman–Crippen MR) is 131 cm³/mol. The van der Waals surface area contributed by atoms with Crippen LogP contribution in [0.4, 0.5) is 5.69 Å².